The largest absolute Gasteiger partial charge is 0.413 e. The molecule has 0 atom stereocenters. The SMILES string of the molecule is Cc1ccc2ccc3c4ccccc4n4c5cc6ccoc6[n+](C)c5c1c2c34. The van der Waals surface area contributed by atoms with Crippen LogP contribution in [0, 0.1) is 6.92 Å². The van der Waals surface area contributed by atoms with Crippen molar-refractivity contribution in [2.24, 2.45) is 7.05 Å². The van der Waals surface area contributed by atoms with Crippen LogP contribution >= 0.6 is 0 Å². The highest BCUT2D eigenvalue weighted by molar-refractivity contribution is 6.28. The van der Waals surface area contributed by atoms with E-state index in [1.165, 1.54) is 54.6 Å². The molecule has 7 aromatic rings. The molecular formula is C25H17N2O+. The van der Waals surface area contributed by atoms with Gasteiger partial charge in [-0.15, -0.1) is 0 Å². The van der Waals surface area contributed by atoms with Crippen molar-refractivity contribution >= 4 is 60.1 Å². The number of aromatic nitrogens is 2. The average Bonchev–Trinajstić information content (AvgIpc) is 3.31. The maximum Gasteiger partial charge on any atom is 0.380 e. The number of aryl methyl sites for hydroxylation is 2. The maximum absolute atomic E-state index is 5.83. The Morgan fingerprint density at radius 3 is 2.61 bits per heavy atom. The van der Waals surface area contributed by atoms with E-state index in [2.05, 4.69) is 77.5 Å². The second-order valence-electron chi connectivity index (χ2n) is 7.79. The fraction of sp³-hybridized carbons (Fsp3) is 0.0800. The van der Waals surface area contributed by atoms with Crippen LogP contribution in [-0.4, -0.2) is 4.40 Å². The zero-order chi connectivity index (χ0) is 18.6. The summed E-state index contributed by atoms with van der Waals surface area (Å²) in [4.78, 5) is 0. The molecule has 0 aliphatic rings. The number of pyridine rings is 2. The zero-order valence-corrected chi connectivity index (χ0v) is 15.7. The van der Waals surface area contributed by atoms with Gasteiger partial charge in [0.05, 0.1) is 28.1 Å². The molecule has 0 aliphatic heterocycles. The van der Waals surface area contributed by atoms with Gasteiger partial charge in [-0.05, 0) is 36.1 Å². The Hall–Kier alpha value is -3.59. The molecule has 0 bridgehead atoms. The number of fused-ring (bicyclic) bond motifs is 7. The van der Waals surface area contributed by atoms with Crippen molar-refractivity contribution in [1.82, 2.24) is 4.40 Å². The second-order valence-corrected chi connectivity index (χ2v) is 7.79. The quantitative estimate of drug-likeness (QED) is 0.188. The Bertz CT molecular complexity index is 1730. The van der Waals surface area contributed by atoms with Crippen LogP contribution < -0.4 is 4.57 Å². The van der Waals surface area contributed by atoms with E-state index in [4.69, 9.17) is 4.42 Å². The van der Waals surface area contributed by atoms with Gasteiger partial charge in [-0.25, -0.2) is 0 Å². The Morgan fingerprint density at radius 1 is 0.821 bits per heavy atom. The molecule has 0 N–H and O–H groups in total. The summed E-state index contributed by atoms with van der Waals surface area (Å²) in [6.07, 6.45) is 1.78. The highest BCUT2D eigenvalue weighted by atomic mass is 16.3. The molecule has 3 nitrogen and oxygen atoms in total. The van der Waals surface area contributed by atoms with Gasteiger partial charge in [0.25, 0.3) is 0 Å². The van der Waals surface area contributed by atoms with Crippen LogP contribution in [0.4, 0.5) is 0 Å². The van der Waals surface area contributed by atoms with E-state index in [-0.39, 0.29) is 0 Å². The standard InChI is InChI=1S/C25H17N2O/c1-14-7-8-15-9-10-18-17-5-3-4-6-19(17)27-20-13-16-11-12-28-25(16)26(2)24(20)21(14)22(15)23(18)27/h3-13H,1-2H3/q+1. The molecule has 7 rings (SSSR count). The molecule has 132 valence electrons. The number of hydrogen-bond donors (Lipinski definition) is 0. The van der Waals surface area contributed by atoms with E-state index >= 15 is 0 Å². The summed E-state index contributed by atoms with van der Waals surface area (Å²) < 4.78 is 10.5. The fourth-order valence-electron chi connectivity index (χ4n) is 5.17. The van der Waals surface area contributed by atoms with Gasteiger partial charge in [0.1, 0.15) is 12.6 Å². The molecule has 3 aromatic carbocycles. The van der Waals surface area contributed by atoms with E-state index in [0.29, 0.717) is 0 Å². The minimum Gasteiger partial charge on any atom is -0.413 e. The van der Waals surface area contributed by atoms with Crippen LogP contribution in [0.1, 0.15) is 5.56 Å². The Morgan fingerprint density at radius 2 is 1.68 bits per heavy atom. The van der Waals surface area contributed by atoms with Gasteiger partial charge in [-0.2, -0.15) is 4.57 Å². The molecule has 0 fully saturated rings. The van der Waals surface area contributed by atoms with Crippen LogP contribution in [-0.2, 0) is 7.05 Å². The molecule has 0 saturated carbocycles. The van der Waals surface area contributed by atoms with Crippen molar-refractivity contribution in [2.45, 2.75) is 6.92 Å². The first-order chi connectivity index (χ1) is 13.7. The molecule has 0 amide bonds. The lowest BCUT2D eigenvalue weighted by Gasteiger charge is -2.13. The van der Waals surface area contributed by atoms with Crippen molar-refractivity contribution in [2.75, 3.05) is 0 Å². The lowest BCUT2D eigenvalue weighted by Crippen LogP contribution is -2.30. The van der Waals surface area contributed by atoms with Crippen molar-refractivity contribution in [3.63, 3.8) is 0 Å². The fourth-order valence-corrected chi connectivity index (χ4v) is 5.17. The van der Waals surface area contributed by atoms with Crippen LogP contribution in [0.25, 0.3) is 60.1 Å². The van der Waals surface area contributed by atoms with E-state index in [9.17, 15) is 0 Å². The van der Waals surface area contributed by atoms with Crippen molar-refractivity contribution in [3.8, 4) is 0 Å². The van der Waals surface area contributed by atoms with Gasteiger partial charge in [0.15, 0.2) is 0 Å². The molecule has 4 heterocycles. The van der Waals surface area contributed by atoms with E-state index in [0.717, 1.165) is 11.1 Å². The van der Waals surface area contributed by atoms with Crippen molar-refractivity contribution in [3.05, 3.63) is 72.5 Å². The molecule has 0 aliphatic carbocycles. The van der Waals surface area contributed by atoms with Crippen LogP contribution in [0.5, 0.6) is 0 Å². The highest BCUT2D eigenvalue weighted by Gasteiger charge is 2.25. The third-order valence-electron chi connectivity index (χ3n) is 6.35. The van der Waals surface area contributed by atoms with Gasteiger partial charge in [-0.1, -0.05) is 42.5 Å². The molecule has 28 heavy (non-hydrogen) atoms. The van der Waals surface area contributed by atoms with Crippen molar-refractivity contribution in [1.29, 1.82) is 0 Å². The Kier molecular flexibility index (Phi) is 2.39. The lowest BCUT2D eigenvalue weighted by atomic mass is 9.97. The third kappa shape index (κ3) is 1.48. The predicted octanol–water partition coefficient (Wildman–Crippen LogP) is 5.87. The molecule has 4 aromatic heterocycles. The minimum absolute atomic E-state index is 0.905. The highest BCUT2D eigenvalue weighted by Crippen LogP contribution is 2.41. The molecule has 3 heteroatoms. The second kappa shape index (κ2) is 4.63. The van der Waals surface area contributed by atoms with Gasteiger partial charge in [0, 0.05) is 16.2 Å². The molecule has 0 saturated heterocycles. The van der Waals surface area contributed by atoms with Crippen LogP contribution in [0.3, 0.4) is 0 Å². The minimum atomic E-state index is 0.905. The average molecular weight is 361 g/mol. The van der Waals surface area contributed by atoms with Gasteiger partial charge in [-0.3, -0.25) is 0 Å². The number of hydrogen-bond acceptors (Lipinski definition) is 1. The summed E-state index contributed by atoms with van der Waals surface area (Å²) >= 11 is 0. The van der Waals surface area contributed by atoms with Gasteiger partial charge < -0.3 is 8.82 Å². The topological polar surface area (TPSA) is 21.4 Å². The summed E-state index contributed by atoms with van der Waals surface area (Å²) in [5, 5.41) is 7.67. The number of rotatable bonds is 0. The maximum atomic E-state index is 5.83. The summed E-state index contributed by atoms with van der Waals surface area (Å²) in [7, 11) is 2.11. The first-order valence-corrected chi connectivity index (χ1v) is 9.60. The number of benzene rings is 3. The zero-order valence-electron chi connectivity index (χ0n) is 15.7. The number of nitrogens with zero attached hydrogens (tertiary/aromatic N) is 2. The van der Waals surface area contributed by atoms with Crippen LogP contribution in [0.2, 0.25) is 0 Å². The van der Waals surface area contributed by atoms with E-state index in [1.807, 2.05) is 6.07 Å². The summed E-state index contributed by atoms with van der Waals surface area (Å²) in [6, 6.07) is 22.0. The summed E-state index contributed by atoms with van der Waals surface area (Å²) in [6.45, 7) is 2.21. The molecular weight excluding hydrogens is 344 g/mol. The number of furan rings is 1. The monoisotopic (exact) mass is 361 g/mol. The Labute approximate surface area is 160 Å². The molecule has 0 radical (unpaired) electrons. The smallest absolute Gasteiger partial charge is 0.380 e. The first kappa shape index (κ1) is 14.5. The summed E-state index contributed by atoms with van der Waals surface area (Å²) in [5.74, 6) is 0. The molecule has 0 unspecified atom stereocenters. The Balaban J connectivity index is 2.01. The third-order valence-corrected chi connectivity index (χ3v) is 6.35. The van der Waals surface area contributed by atoms with E-state index in [1.54, 1.807) is 6.26 Å². The van der Waals surface area contributed by atoms with E-state index < -0.39 is 0 Å². The van der Waals surface area contributed by atoms with Crippen molar-refractivity contribution < 1.29 is 8.98 Å². The predicted molar refractivity (Wildman–Crippen MR) is 114 cm³/mol. The van der Waals surface area contributed by atoms with Gasteiger partial charge in [0.2, 0.25) is 5.52 Å². The number of para-hydroxylation sites is 1. The lowest BCUT2D eigenvalue weighted by molar-refractivity contribution is -0.623. The molecule has 0 spiro atoms. The van der Waals surface area contributed by atoms with Gasteiger partial charge >= 0.3 is 5.71 Å². The summed E-state index contributed by atoms with van der Waals surface area (Å²) in [5.41, 5.74) is 7.19. The first-order valence-electron chi connectivity index (χ1n) is 9.60. The normalized spacial score (nSPS) is 12.6. The van der Waals surface area contributed by atoms with Crippen LogP contribution in [0.15, 0.2) is 71.3 Å².